The maximum Gasteiger partial charge on any atom is 0.260 e. The zero-order valence-electron chi connectivity index (χ0n) is 13.2. The Kier molecular flexibility index (Phi) is 4.41. The number of hydrogen-bond acceptors (Lipinski definition) is 1. The van der Waals surface area contributed by atoms with Gasteiger partial charge in [-0.1, -0.05) is 30.3 Å². The lowest BCUT2D eigenvalue weighted by atomic mass is 10.0. The van der Waals surface area contributed by atoms with Crippen molar-refractivity contribution in [1.29, 1.82) is 0 Å². The molecule has 0 spiro atoms. The van der Waals surface area contributed by atoms with Crippen LogP contribution in [0.2, 0.25) is 0 Å². The Hall–Kier alpha value is -2.16. The van der Waals surface area contributed by atoms with Gasteiger partial charge in [-0.05, 0) is 32.4 Å². The Morgan fingerprint density at radius 1 is 1.10 bits per heavy atom. The standard InChI is InChI=1S/C18H23N2O/c1-18(2,3)20(13-15-9-6-5-7-10-15)17(21)16-11-8-12-19(4)14-16/h5-12,14H,13H2,1-4H3/q+1. The number of aryl methyl sites for hydroxylation is 1. The normalized spacial score (nSPS) is 11.2. The number of nitrogens with zero attached hydrogens (tertiary/aromatic N) is 2. The molecule has 0 aliphatic carbocycles. The molecule has 110 valence electrons. The van der Waals surface area contributed by atoms with Gasteiger partial charge in [0, 0.05) is 18.2 Å². The molecule has 2 aromatic rings. The molecule has 2 rings (SSSR count). The predicted molar refractivity (Wildman–Crippen MR) is 83.7 cm³/mol. The van der Waals surface area contributed by atoms with Crippen molar-refractivity contribution >= 4 is 5.91 Å². The molecule has 0 fully saturated rings. The van der Waals surface area contributed by atoms with Gasteiger partial charge in [0.15, 0.2) is 12.4 Å². The molecule has 1 amide bonds. The van der Waals surface area contributed by atoms with Gasteiger partial charge in [0.2, 0.25) is 0 Å². The minimum atomic E-state index is -0.235. The SMILES string of the molecule is C[n+]1cccc(C(=O)N(Cc2ccccc2)C(C)(C)C)c1. The summed E-state index contributed by atoms with van der Waals surface area (Å²) in [5.41, 5.74) is 1.62. The number of hydrogen-bond donors (Lipinski definition) is 0. The van der Waals surface area contributed by atoms with Gasteiger partial charge >= 0.3 is 0 Å². The summed E-state index contributed by atoms with van der Waals surface area (Å²) >= 11 is 0. The van der Waals surface area contributed by atoms with Crippen molar-refractivity contribution in [2.45, 2.75) is 32.9 Å². The van der Waals surface area contributed by atoms with Gasteiger partial charge in [0.1, 0.15) is 12.6 Å². The molecule has 3 nitrogen and oxygen atoms in total. The molecule has 0 aliphatic rings. The number of benzene rings is 1. The summed E-state index contributed by atoms with van der Waals surface area (Å²) < 4.78 is 1.90. The van der Waals surface area contributed by atoms with Crippen LogP contribution in [0.15, 0.2) is 54.9 Å². The van der Waals surface area contributed by atoms with E-state index < -0.39 is 0 Å². The van der Waals surface area contributed by atoms with Crippen molar-refractivity contribution in [3.63, 3.8) is 0 Å². The fraction of sp³-hybridized carbons (Fsp3) is 0.333. The van der Waals surface area contributed by atoms with Crippen molar-refractivity contribution in [3.05, 3.63) is 66.0 Å². The molecule has 0 saturated carbocycles. The monoisotopic (exact) mass is 283 g/mol. The summed E-state index contributed by atoms with van der Waals surface area (Å²) in [5, 5.41) is 0. The van der Waals surface area contributed by atoms with Gasteiger partial charge in [0.25, 0.3) is 5.91 Å². The third-order valence-electron chi connectivity index (χ3n) is 3.43. The molecular weight excluding hydrogens is 260 g/mol. The maximum atomic E-state index is 12.9. The fourth-order valence-corrected chi connectivity index (χ4v) is 2.25. The van der Waals surface area contributed by atoms with Crippen LogP contribution in [0.4, 0.5) is 0 Å². The van der Waals surface area contributed by atoms with Gasteiger partial charge in [-0.3, -0.25) is 4.79 Å². The summed E-state index contributed by atoms with van der Waals surface area (Å²) in [5.74, 6) is 0.0579. The van der Waals surface area contributed by atoms with Crippen molar-refractivity contribution in [1.82, 2.24) is 4.90 Å². The highest BCUT2D eigenvalue weighted by Crippen LogP contribution is 2.20. The Morgan fingerprint density at radius 2 is 1.76 bits per heavy atom. The van der Waals surface area contributed by atoms with E-state index in [1.807, 2.05) is 59.2 Å². The fourth-order valence-electron chi connectivity index (χ4n) is 2.25. The largest absolute Gasteiger partial charge is 0.329 e. The average molecular weight is 283 g/mol. The van der Waals surface area contributed by atoms with Crippen LogP contribution >= 0.6 is 0 Å². The average Bonchev–Trinajstić information content (AvgIpc) is 2.44. The summed E-state index contributed by atoms with van der Waals surface area (Å²) in [7, 11) is 1.93. The summed E-state index contributed by atoms with van der Waals surface area (Å²) in [6.45, 7) is 6.81. The van der Waals surface area contributed by atoms with Crippen LogP contribution < -0.4 is 4.57 Å². The molecular formula is C18H23N2O+. The van der Waals surface area contributed by atoms with E-state index in [1.54, 1.807) is 0 Å². The number of rotatable bonds is 3. The van der Waals surface area contributed by atoms with Crippen LogP contribution in [-0.2, 0) is 13.6 Å². The van der Waals surface area contributed by atoms with Gasteiger partial charge in [0.05, 0.1) is 0 Å². The molecule has 0 saturated heterocycles. The number of aromatic nitrogens is 1. The van der Waals surface area contributed by atoms with Crippen LogP contribution in [0.5, 0.6) is 0 Å². The minimum Gasteiger partial charge on any atom is -0.329 e. The van der Waals surface area contributed by atoms with E-state index >= 15 is 0 Å². The van der Waals surface area contributed by atoms with E-state index in [-0.39, 0.29) is 11.4 Å². The Balaban J connectivity index is 2.30. The Labute approximate surface area is 126 Å². The third-order valence-corrected chi connectivity index (χ3v) is 3.43. The second-order valence-corrected chi connectivity index (χ2v) is 6.31. The number of pyridine rings is 1. The highest BCUT2D eigenvalue weighted by Gasteiger charge is 2.28. The molecule has 21 heavy (non-hydrogen) atoms. The van der Waals surface area contributed by atoms with Crippen LogP contribution in [0.25, 0.3) is 0 Å². The molecule has 0 aliphatic heterocycles. The topological polar surface area (TPSA) is 24.2 Å². The smallest absolute Gasteiger partial charge is 0.260 e. The molecule has 0 bridgehead atoms. The summed E-state index contributed by atoms with van der Waals surface area (Å²) in [6.07, 6.45) is 3.79. The highest BCUT2D eigenvalue weighted by molar-refractivity contribution is 5.94. The number of carbonyl (C=O) groups excluding carboxylic acids is 1. The molecule has 0 atom stereocenters. The van der Waals surface area contributed by atoms with Crippen LogP contribution in [-0.4, -0.2) is 16.3 Å². The second kappa shape index (κ2) is 6.08. The van der Waals surface area contributed by atoms with Crippen molar-refractivity contribution in [2.75, 3.05) is 0 Å². The van der Waals surface area contributed by atoms with Gasteiger partial charge in [-0.15, -0.1) is 0 Å². The first-order valence-corrected chi connectivity index (χ1v) is 7.19. The molecule has 1 heterocycles. The maximum absolute atomic E-state index is 12.9. The molecule has 1 aromatic carbocycles. The van der Waals surface area contributed by atoms with E-state index in [0.717, 1.165) is 5.56 Å². The van der Waals surface area contributed by atoms with Gasteiger partial charge < -0.3 is 4.90 Å². The quantitative estimate of drug-likeness (QED) is 0.795. The first-order valence-electron chi connectivity index (χ1n) is 7.19. The predicted octanol–water partition coefficient (Wildman–Crippen LogP) is 2.95. The van der Waals surface area contributed by atoms with Crippen LogP contribution in [0.3, 0.4) is 0 Å². The van der Waals surface area contributed by atoms with Crippen molar-refractivity contribution in [2.24, 2.45) is 7.05 Å². The number of carbonyl (C=O) groups is 1. The van der Waals surface area contributed by atoms with Crippen LogP contribution in [0, 0.1) is 0 Å². The summed E-state index contributed by atoms with van der Waals surface area (Å²) in [6, 6.07) is 13.9. The molecule has 0 radical (unpaired) electrons. The Bertz CT molecular complexity index is 615. The first-order chi connectivity index (χ1) is 9.88. The third kappa shape index (κ3) is 3.91. The second-order valence-electron chi connectivity index (χ2n) is 6.31. The lowest BCUT2D eigenvalue weighted by molar-refractivity contribution is -0.671. The zero-order valence-corrected chi connectivity index (χ0v) is 13.2. The van der Waals surface area contributed by atoms with E-state index in [9.17, 15) is 4.79 Å². The van der Waals surface area contributed by atoms with Crippen LogP contribution in [0.1, 0.15) is 36.7 Å². The van der Waals surface area contributed by atoms with E-state index in [4.69, 9.17) is 0 Å². The van der Waals surface area contributed by atoms with Gasteiger partial charge in [-0.2, -0.15) is 0 Å². The van der Waals surface area contributed by atoms with Crippen molar-refractivity contribution in [3.8, 4) is 0 Å². The lowest BCUT2D eigenvalue weighted by Gasteiger charge is -2.35. The minimum absolute atomic E-state index is 0.0579. The molecule has 3 heteroatoms. The Morgan fingerprint density at radius 3 is 2.33 bits per heavy atom. The molecule has 0 N–H and O–H groups in total. The van der Waals surface area contributed by atoms with E-state index in [0.29, 0.717) is 12.1 Å². The highest BCUT2D eigenvalue weighted by atomic mass is 16.2. The first kappa shape index (κ1) is 15.2. The summed E-state index contributed by atoms with van der Waals surface area (Å²) in [4.78, 5) is 14.8. The molecule has 0 unspecified atom stereocenters. The van der Waals surface area contributed by atoms with Gasteiger partial charge in [-0.25, -0.2) is 4.57 Å². The van der Waals surface area contributed by atoms with Crippen molar-refractivity contribution < 1.29 is 9.36 Å². The lowest BCUT2D eigenvalue weighted by Crippen LogP contribution is -2.45. The molecule has 1 aromatic heterocycles. The zero-order chi connectivity index (χ0) is 15.5. The van der Waals surface area contributed by atoms with E-state index in [1.165, 1.54) is 0 Å². The number of amides is 1. The van der Waals surface area contributed by atoms with E-state index in [2.05, 4.69) is 32.9 Å².